The molecular formula is C12H12ClNO5. The summed E-state index contributed by atoms with van der Waals surface area (Å²) in [6.45, 7) is 2.20. The molecular weight excluding hydrogens is 274 g/mol. The normalized spacial score (nSPS) is 16.8. The number of halogens is 1. The molecule has 0 saturated carbocycles. The molecule has 1 atom stereocenters. The summed E-state index contributed by atoms with van der Waals surface area (Å²) in [7, 11) is 0. The number of carbonyl (C=O) groups is 2. The first-order chi connectivity index (χ1) is 8.99. The summed E-state index contributed by atoms with van der Waals surface area (Å²) >= 11 is 5.61. The number of ether oxygens (including phenoxy) is 1. The highest BCUT2D eigenvalue weighted by Gasteiger charge is 2.36. The van der Waals surface area contributed by atoms with Crippen LogP contribution in [0, 0.1) is 0 Å². The number of Topliss-reactive ketones (excluding diaryl/α,β-unsaturated/α-hetero) is 2. The minimum atomic E-state index is -1.03. The molecule has 0 aromatic carbocycles. The van der Waals surface area contributed by atoms with Crippen molar-refractivity contribution in [2.75, 3.05) is 13.2 Å². The van der Waals surface area contributed by atoms with Gasteiger partial charge in [0.2, 0.25) is 5.78 Å². The fourth-order valence-electron chi connectivity index (χ4n) is 1.89. The number of rotatable bonds is 4. The summed E-state index contributed by atoms with van der Waals surface area (Å²) in [6, 6.07) is 0. The molecule has 0 radical (unpaired) electrons. The van der Waals surface area contributed by atoms with Crippen LogP contribution in [0.3, 0.4) is 0 Å². The molecule has 0 aliphatic heterocycles. The van der Waals surface area contributed by atoms with Gasteiger partial charge in [0.15, 0.2) is 0 Å². The molecule has 0 bridgehead atoms. The third kappa shape index (κ3) is 2.18. The number of fused-ring (bicyclic) bond motifs is 1. The van der Waals surface area contributed by atoms with Gasteiger partial charge in [0.1, 0.15) is 22.6 Å². The maximum absolute atomic E-state index is 11.7. The van der Waals surface area contributed by atoms with Crippen molar-refractivity contribution >= 4 is 28.9 Å². The lowest BCUT2D eigenvalue weighted by atomic mass is 9.95. The van der Waals surface area contributed by atoms with E-state index in [1.807, 2.05) is 0 Å². The van der Waals surface area contributed by atoms with Crippen molar-refractivity contribution in [1.82, 2.24) is 4.98 Å². The van der Waals surface area contributed by atoms with Crippen molar-refractivity contribution < 1.29 is 24.5 Å². The van der Waals surface area contributed by atoms with Crippen LogP contribution >= 0.6 is 11.6 Å². The van der Waals surface area contributed by atoms with E-state index in [4.69, 9.17) is 16.3 Å². The van der Waals surface area contributed by atoms with Crippen LogP contribution in [0.4, 0.5) is 0 Å². The van der Waals surface area contributed by atoms with Crippen LogP contribution in [0.25, 0.3) is 5.76 Å². The van der Waals surface area contributed by atoms with Crippen LogP contribution in [-0.4, -0.2) is 40.0 Å². The zero-order valence-electron chi connectivity index (χ0n) is 10.1. The fourth-order valence-corrected chi connectivity index (χ4v) is 2.07. The van der Waals surface area contributed by atoms with E-state index in [1.54, 1.807) is 6.92 Å². The fraction of sp³-hybridized carbons (Fsp3) is 0.333. The molecule has 0 fully saturated rings. The number of carbonyl (C=O) groups excluding carboxylic acids is 2. The predicted molar refractivity (Wildman–Crippen MR) is 67.0 cm³/mol. The Bertz CT molecular complexity index is 575. The standard InChI is InChI=1S/C12H12ClNO5/c1-2-19-4-6(15)5-3-14-9-7(5)10(16)8(13)11(17)12(9)18/h3,6,14-16H,2,4H2,1H3. The van der Waals surface area contributed by atoms with E-state index >= 15 is 0 Å². The van der Waals surface area contributed by atoms with Crippen LogP contribution < -0.4 is 0 Å². The topological polar surface area (TPSA) is 99.6 Å². The van der Waals surface area contributed by atoms with Crippen LogP contribution in [0.1, 0.15) is 34.6 Å². The maximum atomic E-state index is 11.7. The summed E-state index contributed by atoms with van der Waals surface area (Å²) < 4.78 is 5.07. The molecule has 1 aromatic rings. The lowest BCUT2D eigenvalue weighted by molar-refractivity contribution is -0.111. The van der Waals surface area contributed by atoms with Gasteiger partial charge in [-0.15, -0.1) is 0 Å². The number of allylic oxidation sites excluding steroid dienone is 1. The first-order valence-electron chi connectivity index (χ1n) is 5.64. The SMILES string of the molecule is CCOCC(O)c1c[nH]c2c1C(O)=C(Cl)C(=O)C2=O. The van der Waals surface area contributed by atoms with E-state index in [9.17, 15) is 19.8 Å². The number of nitrogens with one attached hydrogen (secondary N) is 1. The molecule has 1 aromatic heterocycles. The molecule has 1 unspecified atom stereocenters. The largest absolute Gasteiger partial charge is 0.506 e. The number of H-pyrrole nitrogens is 1. The first-order valence-corrected chi connectivity index (χ1v) is 6.02. The van der Waals surface area contributed by atoms with Gasteiger partial charge in [0.25, 0.3) is 5.78 Å². The summed E-state index contributed by atoms with van der Waals surface area (Å²) in [5, 5.41) is 19.3. The molecule has 2 rings (SSSR count). The van der Waals surface area contributed by atoms with E-state index in [1.165, 1.54) is 6.20 Å². The van der Waals surface area contributed by atoms with Crippen molar-refractivity contribution in [2.45, 2.75) is 13.0 Å². The second-order valence-electron chi connectivity index (χ2n) is 3.99. The van der Waals surface area contributed by atoms with Gasteiger partial charge in [0, 0.05) is 18.4 Å². The van der Waals surface area contributed by atoms with Crippen LogP contribution in [-0.2, 0) is 9.53 Å². The van der Waals surface area contributed by atoms with Crippen molar-refractivity contribution in [3.8, 4) is 0 Å². The van der Waals surface area contributed by atoms with Crippen molar-refractivity contribution in [3.05, 3.63) is 28.0 Å². The highest BCUT2D eigenvalue weighted by Crippen LogP contribution is 2.34. The van der Waals surface area contributed by atoms with Gasteiger partial charge in [-0.1, -0.05) is 11.6 Å². The summed E-state index contributed by atoms with van der Waals surface area (Å²) in [6.07, 6.45) is 0.318. The molecule has 102 valence electrons. The number of ketones is 2. The lowest BCUT2D eigenvalue weighted by Crippen LogP contribution is -2.22. The Labute approximate surface area is 113 Å². The molecule has 6 nitrogen and oxygen atoms in total. The Morgan fingerprint density at radius 1 is 1.42 bits per heavy atom. The van der Waals surface area contributed by atoms with E-state index < -0.39 is 28.5 Å². The zero-order valence-corrected chi connectivity index (χ0v) is 10.8. The first kappa shape index (κ1) is 13.8. The second kappa shape index (κ2) is 5.16. The number of aliphatic hydroxyl groups is 2. The third-order valence-corrected chi connectivity index (χ3v) is 3.18. The van der Waals surface area contributed by atoms with Gasteiger partial charge in [-0.05, 0) is 6.92 Å². The number of aromatic nitrogens is 1. The van der Waals surface area contributed by atoms with Crippen molar-refractivity contribution in [3.63, 3.8) is 0 Å². The maximum Gasteiger partial charge on any atom is 0.251 e. The third-order valence-electron chi connectivity index (χ3n) is 2.83. The monoisotopic (exact) mass is 285 g/mol. The zero-order chi connectivity index (χ0) is 14.2. The molecule has 19 heavy (non-hydrogen) atoms. The summed E-state index contributed by atoms with van der Waals surface area (Å²) in [5.41, 5.74) is 0.249. The van der Waals surface area contributed by atoms with Gasteiger partial charge >= 0.3 is 0 Å². The van der Waals surface area contributed by atoms with E-state index in [0.717, 1.165) is 0 Å². The molecule has 7 heteroatoms. The summed E-state index contributed by atoms with van der Waals surface area (Å²) in [5.74, 6) is -2.32. The van der Waals surface area contributed by atoms with Crippen molar-refractivity contribution in [2.24, 2.45) is 0 Å². The smallest absolute Gasteiger partial charge is 0.251 e. The molecule has 1 aliphatic rings. The highest BCUT2D eigenvalue weighted by atomic mass is 35.5. The average Bonchev–Trinajstić information content (AvgIpc) is 2.85. The molecule has 0 spiro atoms. The molecule has 1 aliphatic carbocycles. The minimum Gasteiger partial charge on any atom is -0.506 e. The van der Waals surface area contributed by atoms with E-state index in [2.05, 4.69) is 4.98 Å². The molecule has 1 heterocycles. The average molecular weight is 286 g/mol. The summed E-state index contributed by atoms with van der Waals surface area (Å²) in [4.78, 5) is 25.7. The van der Waals surface area contributed by atoms with Gasteiger partial charge in [-0.25, -0.2) is 0 Å². The van der Waals surface area contributed by atoms with Crippen LogP contribution in [0.2, 0.25) is 0 Å². The Morgan fingerprint density at radius 3 is 2.74 bits per heavy atom. The lowest BCUT2D eigenvalue weighted by Gasteiger charge is -2.15. The van der Waals surface area contributed by atoms with Gasteiger partial charge in [-0.2, -0.15) is 0 Å². The van der Waals surface area contributed by atoms with Crippen LogP contribution in [0.5, 0.6) is 0 Å². The molecule has 0 amide bonds. The van der Waals surface area contributed by atoms with E-state index in [-0.39, 0.29) is 23.4 Å². The minimum absolute atomic E-state index is 0.00777. The number of aromatic amines is 1. The Kier molecular flexibility index (Phi) is 3.75. The van der Waals surface area contributed by atoms with Crippen molar-refractivity contribution in [1.29, 1.82) is 0 Å². The Hall–Kier alpha value is -1.63. The van der Waals surface area contributed by atoms with Gasteiger partial charge < -0.3 is 19.9 Å². The number of hydrogen-bond donors (Lipinski definition) is 3. The number of hydrogen-bond acceptors (Lipinski definition) is 5. The van der Waals surface area contributed by atoms with Gasteiger partial charge in [0.05, 0.1) is 12.2 Å². The molecule has 0 saturated heterocycles. The Morgan fingerprint density at radius 2 is 2.11 bits per heavy atom. The number of aliphatic hydroxyl groups excluding tert-OH is 2. The predicted octanol–water partition coefficient (Wildman–Crippen LogP) is 1.32. The van der Waals surface area contributed by atoms with Crippen LogP contribution in [0.15, 0.2) is 11.2 Å². The second-order valence-corrected chi connectivity index (χ2v) is 4.37. The quantitative estimate of drug-likeness (QED) is 0.725. The van der Waals surface area contributed by atoms with Gasteiger partial charge in [-0.3, -0.25) is 9.59 Å². The Balaban J connectivity index is 2.47. The molecule has 3 N–H and O–H groups in total. The highest BCUT2D eigenvalue weighted by molar-refractivity contribution is 6.63. The van der Waals surface area contributed by atoms with E-state index in [0.29, 0.717) is 6.61 Å².